The fourth-order valence-electron chi connectivity index (χ4n) is 3.96. The van der Waals surface area contributed by atoms with E-state index in [0.29, 0.717) is 36.6 Å². The average molecular weight is 420 g/mol. The molecule has 0 aromatic heterocycles. The van der Waals surface area contributed by atoms with Gasteiger partial charge in [-0.25, -0.2) is 8.42 Å². The fraction of sp³-hybridized carbons (Fsp3) is 0.381. The third-order valence-corrected chi connectivity index (χ3v) is 8.00. The predicted molar refractivity (Wildman–Crippen MR) is 108 cm³/mol. The summed E-state index contributed by atoms with van der Waals surface area (Å²) >= 11 is 6.24. The van der Waals surface area contributed by atoms with Gasteiger partial charge >= 0.3 is 0 Å². The molecule has 1 amide bonds. The van der Waals surface area contributed by atoms with Crippen molar-refractivity contribution in [1.82, 2.24) is 4.90 Å². The molecule has 2 aromatic rings. The summed E-state index contributed by atoms with van der Waals surface area (Å²) in [6, 6.07) is 15.0. The lowest BCUT2D eigenvalue weighted by Gasteiger charge is -2.29. The molecule has 0 N–H and O–H groups in total. The highest BCUT2D eigenvalue weighted by Gasteiger charge is 2.36. The molecule has 0 spiro atoms. The van der Waals surface area contributed by atoms with Gasteiger partial charge < -0.3 is 9.64 Å². The number of ether oxygens (including phenoxy) is 1. The minimum atomic E-state index is -3.40. The maximum atomic E-state index is 13.0. The number of rotatable bonds is 2. The SMILES string of the molecule is O=C(C1Cc2ccccc2CO1)N1CCC(c2ccccc2Cl)S(=O)(=O)CC1. The van der Waals surface area contributed by atoms with Crippen LogP contribution < -0.4 is 0 Å². The lowest BCUT2D eigenvalue weighted by atomic mass is 9.98. The van der Waals surface area contributed by atoms with Gasteiger partial charge in [-0.1, -0.05) is 54.1 Å². The Morgan fingerprint density at radius 1 is 1.04 bits per heavy atom. The molecule has 7 heteroatoms. The molecule has 148 valence electrons. The lowest BCUT2D eigenvalue weighted by Crippen LogP contribution is -2.44. The normalized spacial score (nSPS) is 24.2. The number of fused-ring (bicyclic) bond motifs is 1. The first-order valence-corrected chi connectivity index (χ1v) is 11.5. The molecule has 2 aliphatic rings. The van der Waals surface area contributed by atoms with E-state index >= 15 is 0 Å². The van der Waals surface area contributed by atoms with E-state index in [9.17, 15) is 13.2 Å². The highest BCUT2D eigenvalue weighted by atomic mass is 35.5. The van der Waals surface area contributed by atoms with E-state index in [1.165, 1.54) is 0 Å². The van der Waals surface area contributed by atoms with Gasteiger partial charge in [0.2, 0.25) is 0 Å². The second kappa shape index (κ2) is 7.85. The minimum Gasteiger partial charge on any atom is -0.363 e. The van der Waals surface area contributed by atoms with Crippen LogP contribution in [-0.4, -0.2) is 44.2 Å². The van der Waals surface area contributed by atoms with E-state index < -0.39 is 21.2 Å². The van der Waals surface area contributed by atoms with Crippen molar-refractivity contribution in [2.75, 3.05) is 18.8 Å². The fourth-order valence-corrected chi connectivity index (χ4v) is 6.11. The largest absolute Gasteiger partial charge is 0.363 e. The number of carbonyl (C=O) groups is 1. The van der Waals surface area contributed by atoms with Gasteiger partial charge in [0.15, 0.2) is 9.84 Å². The molecule has 28 heavy (non-hydrogen) atoms. The van der Waals surface area contributed by atoms with E-state index in [1.54, 1.807) is 29.2 Å². The molecule has 0 saturated carbocycles. The van der Waals surface area contributed by atoms with Crippen LogP contribution in [-0.2, 0) is 32.4 Å². The van der Waals surface area contributed by atoms with E-state index in [2.05, 4.69) is 0 Å². The summed E-state index contributed by atoms with van der Waals surface area (Å²) in [6.45, 7) is 0.958. The van der Waals surface area contributed by atoms with E-state index in [0.717, 1.165) is 11.1 Å². The molecule has 2 heterocycles. The van der Waals surface area contributed by atoms with Crippen molar-refractivity contribution in [3.63, 3.8) is 0 Å². The van der Waals surface area contributed by atoms with Crippen molar-refractivity contribution >= 4 is 27.3 Å². The van der Waals surface area contributed by atoms with Gasteiger partial charge in [-0.3, -0.25) is 4.79 Å². The summed E-state index contributed by atoms with van der Waals surface area (Å²) in [5, 5.41) is -0.241. The van der Waals surface area contributed by atoms with E-state index in [4.69, 9.17) is 16.3 Å². The van der Waals surface area contributed by atoms with E-state index in [-0.39, 0.29) is 18.2 Å². The summed E-state index contributed by atoms with van der Waals surface area (Å²) in [4.78, 5) is 14.6. The Balaban J connectivity index is 1.51. The molecule has 2 unspecified atom stereocenters. The molecule has 1 fully saturated rings. The first kappa shape index (κ1) is 19.4. The summed E-state index contributed by atoms with van der Waals surface area (Å²) < 4.78 is 31.5. The molecule has 2 aromatic carbocycles. The summed E-state index contributed by atoms with van der Waals surface area (Å²) in [6.07, 6.45) is 0.294. The Kier molecular flexibility index (Phi) is 5.45. The van der Waals surface area contributed by atoms with Crippen molar-refractivity contribution < 1.29 is 17.9 Å². The first-order valence-electron chi connectivity index (χ1n) is 9.39. The Morgan fingerprint density at radius 3 is 2.54 bits per heavy atom. The predicted octanol–water partition coefficient (Wildman–Crippen LogP) is 3.17. The number of amides is 1. The van der Waals surface area contributed by atoms with Crippen LogP contribution in [0, 0.1) is 0 Å². The number of benzene rings is 2. The van der Waals surface area contributed by atoms with Crippen LogP contribution in [0.15, 0.2) is 48.5 Å². The summed E-state index contributed by atoms with van der Waals surface area (Å²) in [5.74, 6) is -0.206. The van der Waals surface area contributed by atoms with Crippen LogP contribution in [0.4, 0.5) is 0 Å². The standard InChI is InChI=1S/C21H22ClNO4S/c22-18-8-4-3-7-17(18)20-9-10-23(11-12-28(20,25)26)21(24)19-13-15-5-1-2-6-16(15)14-27-19/h1-8,19-20H,9-14H2. The molecule has 2 aliphatic heterocycles. The molecule has 0 bridgehead atoms. The van der Waals surface area contributed by atoms with Crippen LogP contribution in [0.3, 0.4) is 0 Å². The van der Waals surface area contributed by atoms with Crippen molar-refractivity contribution in [1.29, 1.82) is 0 Å². The zero-order valence-electron chi connectivity index (χ0n) is 15.4. The zero-order chi connectivity index (χ0) is 19.7. The summed E-state index contributed by atoms with van der Waals surface area (Å²) in [7, 11) is -3.40. The van der Waals surface area contributed by atoms with Gasteiger partial charge in [0.1, 0.15) is 6.10 Å². The molecular formula is C21H22ClNO4S. The Labute approximate surface area is 170 Å². The van der Waals surface area contributed by atoms with Gasteiger partial charge in [0.05, 0.1) is 17.6 Å². The molecular weight excluding hydrogens is 398 g/mol. The molecule has 0 radical (unpaired) electrons. The number of nitrogens with zero attached hydrogens (tertiary/aromatic N) is 1. The van der Waals surface area contributed by atoms with Gasteiger partial charge in [-0.2, -0.15) is 0 Å². The first-order chi connectivity index (χ1) is 13.5. The van der Waals surface area contributed by atoms with Crippen molar-refractivity contribution in [2.24, 2.45) is 0 Å². The molecule has 5 nitrogen and oxygen atoms in total. The van der Waals surface area contributed by atoms with Crippen LogP contribution in [0.25, 0.3) is 0 Å². The van der Waals surface area contributed by atoms with Crippen LogP contribution >= 0.6 is 11.6 Å². The highest BCUT2D eigenvalue weighted by Crippen LogP contribution is 2.34. The zero-order valence-corrected chi connectivity index (χ0v) is 17.0. The van der Waals surface area contributed by atoms with Gasteiger partial charge in [-0.05, 0) is 29.2 Å². The number of sulfone groups is 1. The number of halogens is 1. The monoisotopic (exact) mass is 419 g/mol. The Morgan fingerprint density at radius 2 is 1.75 bits per heavy atom. The smallest absolute Gasteiger partial charge is 0.252 e. The van der Waals surface area contributed by atoms with Crippen LogP contribution in [0.5, 0.6) is 0 Å². The van der Waals surface area contributed by atoms with Gasteiger partial charge in [0.25, 0.3) is 5.91 Å². The Hall–Kier alpha value is -1.89. The topological polar surface area (TPSA) is 63.7 Å². The number of hydrogen-bond acceptors (Lipinski definition) is 4. The van der Waals surface area contributed by atoms with E-state index in [1.807, 2.05) is 24.3 Å². The molecule has 1 saturated heterocycles. The molecule has 2 atom stereocenters. The van der Waals surface area contributed by atoms with Crippen LogP contribution in [0.1, 0.15) is 28.4 Å². The highest BCUT2D eigenvalue weighted by molar-refractivity contribution is 7.91. The van der Waals surface area contributed by atoms with Gasteiger partial charge in [0, 0.05) is 24.5 Å². The summed E-state index contributed by atoms with van der Waals surface area (Å²) in [5.41, 5.74) is 2.83. The number of carbonyl (C=O) groups excluding carboxylic acids is 1. The van der Waals surface area contributed by atoms with Crippen molar-refractivity contribution in [2.45, 2.75) is 30.8 Å². The second-order valence-corrected chi connectivity index (χ2v) is 9.97. The van der Waals surface area contributed by atoms with Crippen molar-refractivity contribution in [3.05, 3.63) is 70.2 Å². The van der Waals surface area contributed by atoms with Crippen molar-refractivity contribution in [3.8, 4) is 0 Å². The minimum absolute atomic E-state index is 0.0715. The molecule has 0 aliphatic carbocycles. The molecule has 4 rings (SSSR count). The second-order valence-electron chi connectivity index (χ2n) is 7.26. The third kappa shape index (κ3) is 3.81. The quantitative estimate of drug-likeness (QED) is 0.750. The maximum Gasteiger partial charge on any atom is 0.252 e. The lowest BCUT2D eigenvalue weighted by molar-refractivity contribution is -0.145. The maximum absolute atomic E-state index is 13.0. The average Bonchev–Trinajstić information content (AvgIpc) is 2.85. The van der Waals surface area contributed by atoms with Gasteiger partial charge in [-0.15, -0.1) is 0 Å². The third-order valence-electron chi connectivity index (χ3n) is 5.54. The Bertz CT molecular complexity index is 991. The number of hydrogen-bond donors (Lipinski definition) is 0. The van der Waals surface area contributed by atoms with Crippen LogP contribution in [0.2, 0.25) is 5.02 Å².